The van der Waals surface area contributed by atoms with Gasteiger partial charge in [-0.05, 0) is 55.3 Å². The number of hydrogen-bond acceptors (Lipinski definition) is 5. The lowest BCUT2D eigenvalue weighted by Crippen LogP contribution is -2.31. The van der Waals surface area contributed by atoms with Gasteiger partial charge in [0.1, 0.15) is 17.9 Å². The highest BCUT2D eigenvalue weighted by Gasteiger charge is 2.31. The number of halogens is 3. The van der Waals surface area contributed by atoms with Crippen LogP contribution in [0.15, 0.2) is 93.0 Å². The number of para-hydroxylation sites is 1. The summed E-state index contributed by atoms with van der Waals surface area (Å²) < 4.78 is 40.6. The van der Waals surface area contributed by atoms with Crippen LogP contribution < -0.4 is 15.4 Å². The van der Waals surface area contributed by atoms with Gasteiger partial charge in [-0.2, -0.15) is 5.10 Å². The number of anilines is 1. The molecule has 1 heterocycles. The van der Waals surface area contributed by atoms with E-state index in [1.807, 2.05) is 24.3 Å². The van der Waals surface area contributed by atoms with Crippen molar-refractivity contribution in [1.29, 1.82) is 0 Å². The highest BCUT2D eigenvalue weighted by Crippen LogP contribution is 2.32. The van der Waals surface area contributed by atoms with Gasteiger partial charge in [-0.25, -0.2) is 9.98 Å². The van der Waals surface area contributed by atoms with Crippen molar-refractivity contribution in [3.63, 3.8) is 0 Å². The number of alkyl halides is 3. The molecule has 11 heteroatoms. The molecule has 4 rings (SSSR count). The monoisotopic (exact) mass is 538 g/mol. The van der Waals surface area contributed by atoms with Crippen LogP contribution in [0.3, 0.4) is 0 Å². The highest BCUT2D eigenvalue weighted by molar-refractivity contribution is 8.14. The number of benzene rings is 3. The van der Waals surface area contributed by atoms with E-state index in [0.717, 1.165) is 22.2 Å². The second-order valence-electron chi connectivity index (χ2n) is 8.37. The Hall–Kier alpha value is -4.12. The van der Waals surface area contributed by atoms with Crippen LogP contribution in [0, 0.1) is 6.92 Å². The number of hydrogen-bond donors (Lipinski definition) is 1. The van der Waals surface area contributed by atoms with Crippen molar-refractivity contribution in [3.8, 4) is 5.75 Å². The van der Waals surface area contributed by atoms with Crippen LogP contribution in [0.5, 0.6) is 5.75 Å². The zero-order valence-corrected chi connectivity index (χ0v) is 21.4. The van der Waals surface area contributed by atoms with Crippen molar-refractivity contribution in [2.45, 2.75) is 26.3 Å². The van der Waals surface area contributed by atoms with Gasteiger partial charge in [0.15, 0.2) is 5.17 Å². The molecule has 3 aromatic rings. The first-order chi connectivity index (χ1) is 18.2. The molecule has 0 aliphatic carbocycles. The Morgan fingerprint density at radius 1 is 1.05 bits per heavy atom. The van der Waals surface area contributed by atoms with Gasteiger partial charge in [-0.15, -0.1) is 18.3 Å². The van der Waals surface area contributed by atoms with E-state index in [1.54, 1.807) is 30.1 Å². The molecule has 3 aromatic carbocycles. The molecule has 0 bridgehead atoms. The van der Waals surface area contributed by atoms with Gasteiger partial charge < -0.3 is 15.4 Å². The molecule has 0 aromatic heterocycles. The van der Waals surface area contributed by atoms with Crippen LogP contribution >= 0.6 is 11.8 Å². The first-order valence-corrected chi connectivity index (χ1v) is 12.6. The number of aryl methyl sites for hydroxylation is 1. The molecule has 1 aliphatic rings. The number of rotatable bonds is 7. The molecule has 1 atom stereocenters. The Kier molecular flexibility index (Phi) is 8.47. The van der Waals surface area contributed by atoms with Gasteiger partial charge in [0, 0.05) is 23.0 Å². The third kappa shape index (κ3) is 7.22. The maximum Gasteiger partial charge on any atom is 0.573 e. The van der Waals surface area contributed by atoms with E-state index in [1.165, 1.54) is 36.2 Å². The third-order valence-electron chi connectivity index (χ3n) is 5.51. The fourth-order valence-corrected chi connectivity index (χ4v) is 4.69. The van der Waals surface area contributed by atoms with E-state index in [2.05, 4.69) is 55.8 Å². The summed E-state index contributed by atoms with van der Waals surface area (Å²) in [5, 5.41) is 9.62. The molecule has 1 fully saturated rings. The van der Waals surface area contributed by atoms with Gasteiger partial charge in [-0.1, -0.05) is 54.2 Å². The van der Waals surface area contributed by atoms with Crippen LogP contribution in [-0.2, 0) is 0 Å². The van der Waals surface area contributed by atoms with Gasteiger partial charge in [0.05, 0.1) is 11.9 Å². The Balaban J connectivity index is 1.37. The summed E-state index contributed by atoms with van der Waals surface area (Å²) in [6.07, 6.45) is -1.83. The van der Waals surface area contributed by atoms with Crippen molar-refractivity contribution in [2.75, 3.05) is 10.7 Å². The fourth-order valence-electron chi connectivity index (χ4n) is 3.63. The molecular formula is C27H25F3N6OS. The lowest BCUT2D eigenvalue weighted by molar-refractivity contribution is -0.274. The molecule has 1 aliphatic heterocycles. The molecule has 0 saturated carbocycles. The standard InChI is InChI=1S/C27H25F3N6OS/c1-18-5-3-4-6-24(18)36-19(2)16-38-26(36)35-34-15-20-7-9-21(10-8-20)25(31)33-17-32-22-11-13-23(14-12-22)37-27(28,29)30/h3-15,17,19H,16H2,1-2H3,(H2,31,32,33)/b34-15+,35-26-. The predicted molar refractivity (Wildman–Crippen MR) is 149 cm³/mol. The minimum atomic E-state index is -4.74. The summed E-state index contributed by atoms with van der Waals surface area (Å²) in [5.74, 6) is 0.853. The second-order valence-corrected chi connectivity index (χ2v) is 9.35. The smallest absolute Gasteiger partial charge is 0.406 e. The van der Waals surface area contributed by atoms with E-state index in [4.69, 9.17) is 5.73 Å². The number of aliphatic imine (C=N–C) groups is 2. The number of ether oxygens (including phenoxy) is 1. The van der Waals surface area contributed by atoms with E-state index >= 15 is 0 Å². The van der Waals surface area contributed by atoms with Crippen LogP contribution in [0.1, 0.15) is 23.6 Å². The molecule has 0 radical (unpaired) electrons. The first kappa shape index (κ1) is 26.9. The fraction of sp³-hybridized carbons (Fsp3) is 0.185. The number of amidine groups is 2. The van der Waals surface area contributed by atoms with E-state index in [9.17, 15) is 13.2 Å². The van der Waals surface area contributed by atoms with Crippen LogP contribution in [-0.4, -0.2) is 41.7 Å². The number of nitrogens with two attached hydrogens (primary N) is 1. The zero-order chi connectivity index (χ0) is 27.1. The lowest BCUT2D eigenvalue weighted by atomic mass is 10.1. The van der Waals surface area contributed by atoms with Gasteiger partial charge in [0.2, 0.25) is 0 Å². The normalized spacial score (nSPS) is 17.7. The molecule has 1 saturated heterocycles. The highest BCUT2D eigenvalue weighted by atomic mass is 32.2. The van der Waals surface area contributed by atoms with Crippen LogP contribution in [0.2, 0.25) is 0 Å². The molecule has 196 valence electrons. The lowest BCUT2D eigenvalue weighted by Gasteiger charge is -2.24. The zero-order valence-electron chi connectivity index (χ0n) is 20.6. The van der Waals surface area contributed by atoms with E-state index < -0.39 is 6.36 Å². The van der Waals surface area contributed by atoms with Crippen molar-refractivity contribution < 1.29 is 17.9 Å². The van der Waals surface area contributed by atoms with E-state index in [-0.39, 0.29) is 11.6 Å². The van der Waals surface area contributed by atoms with Crippen molar-refractivity contribution in [2.24, 2.45) is 25.9 Å². The van der Waals surface area contributed by atoms with Crippen LogP contribution in [0.4, 0.5) is 24.5 Å². The summed E-state index contributed by atoms with van der Waals surface area (Å²) in [6, 6.07) is 21.0. The summed E-state index contributed by atoms with van der Waals surface area (Å²) in [4.78, 5) is 10.4. The maximum absolute atomic E-state index is 12.2. The minimum absolute atomic E-state index is 0.236. The van der Waals surface area contributed by atoms with Crippen LogP contribution in [0.25, 0.3) is 0 Å². The summed E-state index contributed by atoms with van der Waals surface area (Å²) >= 11 is 1.68. The van der Waals surface area contributed by atoms with Crippen molar-refractivity contribution in [3.05, 3.63) is 89.5 Å². The molecular weight excluding hydrogens is 513 g/mol. The average Bonchev–Trinajstić information content (AvgIpc) is 3.24. The minimum Gasteiger partial charge on any atom is -0.406 e. The number of nitrogens with zero attached hydrogens (tertiary/aromatic N) is 5. The molecule has 1 unspecified atom stereocenters. The molecule has 2 N–H and O–H groups in total. The average molecular weight is 539 g/mol. The molecule has 0 amide bonds. The van der Waals surface area contributed by atoms with Gasteiger partial charge in [-0.3, -0.25) is 0 Å². The number of thioether (sulfide) groups is 1. The molecule has 7 nitrogen and oxygen atoms in total. The van der Waals surface area contributed by atoms with E-state index in [0.29, 0.717) is 17.3 Å². The Morgan fingerprint density at radius 2 is 1.76 bits per heavy atom. The quantitative estimate of drug-likeness (QED) is 0.218. The molecule has 38 heavy (non-hydrogen) atoms. The summed E-state index contributed by atoms with van der Waals surface area (Å²) in [7, 11) is 0. The topological polar surface area (TPSA) is 87.9 Å². The Morgan fingerprint density at radius 3 is 2.45 bits per heavy atom. The second kappa shape index (κ2) is 12.0. The predicted octanol–water partition coefficient (Wildman–Crippen LogP) is 6.29. The first-order valence-electron chi connectivity index (χ1n) is 11.6. The maximum atomic E-state index is 12.2. The Labute approximate surface area is 222 Å². The van der Waals surface area contributed by atoms with Gasteiger partial charge >= 0.3 is 6.36 Å². The van der Waals surface area contributed by atoms with Crippen molar-refractivity contribution >= 4 is 46.7 Å². The Bertz CT molecular complexity index is 1370. The van der Waals surface area contributed by atoms with Gasteiger partial charge in [0.25, 0.3) is 0 Å². The summed E-state index contributed by atoms with van der Waals surface area (Å²) in [6.45, 7) is 4.26. The largest absolute Gasteiger partial charge is 0.573 e. The SMILES string of the molecule is Cc1ccccc1N1/C(=N/N=C/c2ccc(C(N)=NC=Nc3ccc(OC(F)(F)F)cc3)cc2)SCC1C. The third-order valence-corrected chi connectivity index (χ3v) is 6.69. The van der Waals surface area contributed by atoms with Crippen molar-refractivity contribution in [1.82, 2.24) is 0 Å². The summed E-state index contributed by atoms with van der Waals surface area (Å²) in [5.41, 5.74) is 10.3. The molecule has 0 spiro atoms.